The van der Waals surface area contributed by atoms with Gasteiger partial charge in [-0.2, -0.15) is 0 Å². The predicted molar refractivity (Wildman–Crippen MR) is 347 cm³/mol. The molecular formula is C84H68F4. The van der Waals surface area contributed by atoms with Gasteiger partial charge in [0.2, 0.25) is 0 Å². The van der Waals surface area contributed by atoms with E-state index in [0.717, 1.165) is 170 Å². The summed E-state index contributed by atoms with van der Waals surface area (Å²) in [7, 11) is 0. The Kier molecular flexibility index (Phi) is 27.1. The van der Waals surface area contributed by atoms with Crippen molar-refractivity contribution < 1.29 is 17.6 Å². The maximum atomic E-state index is 15.9. The minimum Gasteiger partial charge on any atom is -0.204 e. The van der Waals surface area contributed by atoms with Crippen LogP contribution in [0.15, 0.2) is 97.1 Å². The van der Waals surface area contributed by atoms with E-state index in [-0.39, 0.29) is 0 Å². The lowest BCUT2D eigenvalue weighted by Gasteiger charge is -2.01. The zero-order chi connectivity index (χ0) is 62.0. The van der Waals surface area contributed by atoms with Crippen molar-refractivity contribution in [3.8, 4) is 0 Å². The molecule has 0 aromatic heterocycles. The SMILES string of the molecule is CCCCCCc1cc2c#cc#cc3cccc(c#cc#cc4cc(CCCCCC)cc(c#cc#cc5cc(CCCCCC)cc(c#cc#cc6c(F)c(F)c(F)c(c#cc#cc7cc(CCCCCC)cc(c#cc#cc(c1)c2)c7)c6F)c5)c4)c3. The smallest absolute Gasteiger partial charge is 0.197 e. The molecule has 7 aromatic rings. The van der Waals surface area contributed by atoms with Gasteiger partial charge in [-0.3, -0.25) is 0 Å². The molecule has 0 heterocycles. The largest absolute Gasteiger partial charge is 0.204 e. The lowest BCUT2D eigenvalue weighted by molar-refractivity contribution is 0.450. The quantitative estimate of drug-likeness (QED) is 0.0309. The first-order chi connectivity index (χ1) is 43.1. The highest BCUT2D eigenvalue weighted by Crippen LogP contribution is 2.24. The van der Waals surface area contributed by atoms with Crippen molar-refractivity contribution in [1.29, 1.82) is 0 Å². The summed E-state index contributed by atoms with van der Waals surface area (Å²) in [5.41, 5.74) is 4.28. The molecule has 0 radical (unpaired) electrons. The Labute approximate surface area is 523 Å². The first-order valence-corrected chi connectivity index (χ1v) is 30.7. The number of halogens is 4. The van der Waals surface area contributed by atoms with E-state index < -0.39 is 34.0 Å². The molecule has 7 aromatic carbocycles. The van der Waals surface area contributed by atoms with Gasteiger partial charge >= 0.3 is 0 Å². The van der Waals surface area contributed by atoms with E-state index in [1.165, 1.54) is 12.8 Å². The van der Waals surface area contributed by atoms with Crippen LogP contribution in [0.1, 0.15) is 153 Å². The molecule has 7 rings (SSSR count). The van der Waals surface area contributed by atoms with Crippen LogP contribution >= 0.6 is 0 Å². The van der Waals surface area contributed by atoms with Gasteiger partial charge in [0.05, 0.1) is 0 Å². The molecule has 0 atom stereocenters. The predicted octanol–water partition coefficient (Wildman–Crippen LogP) is 21.3. The first-order valence-electron chi connectivity index (χ1n) is 30.7. The van der Waals surface area contributed by atoms with Gasteiger partial charge in [0.15, 0.2) is 23.3 Å². The Morgan fingerprint density at radius 3 is 0.682 bits per heavy atom. The Hall–Kier alpha value is -10.2. The first kappa shape index (κ1) is 65.3. The second kappa shape index (κ2) is 36.6. The fourth-order valence-electron chi connectivity index (χ4n) is 9.70. The molecule has 0 spiro atoms. The Morgan fingerprint density at radius 1 is 0.227 bits per heavy atom. The van der Waals surface area contributed by atoms with Gasteiger partial charge in [-0.25, -0.2) is 17.6 Å². The molecule has 0 aliphatic carbocycles. The lowest BCUT2D eigenvalue weighted by atomic mass is 10.0. The summed E-state index contributed by atoms with van der Waals surface area (Å²) >= 11 is 0. The minimum absolute atomic E-state index is 0.562. The van der Waals surface area contributed by atoms with Crippen LogP contribution in [0.25, 0.3) is 64.6 Å². The van der Waals surface area contributed by atoms with Gasteiger partial charge in [-0.15, -0.1) is 0 Å². The van der Waals surface area contributed by atoms with Crippen molar-refractivity contribution in [3.63, 3.8) is 0 Å². The maximum Gasteiger partial charge on any atom is 0.197 e. The van der Waals surface area contributed by atoms with E-state index in [0.29, 0.717) is 21.5 Å². The van der Waals surface area contributed by atoms with E-state index in [1.807, 2.05) is 60.7 Å². The van der Waals surface area contributed by atoms with Crippen LogP contribution in [-0.4, -0.2) is 0 Å². The molecule has 4 heteroatoms. The fraction of sp³-hybridized carbons (Fsp3) is 0.286. The van der Waals surface area contributed by atoms with Crippen LogP contribution in [0.3, 0.4) is 0 Å². The highest BCUT2D eigenvalue weighted by Gasteiger charge is 2.19. The molecule has 0 aliphatic heterocycles. The van der Waals surface area contributed by atoms with Gasteiger partial charge in [-0.05, 0) is 250 Å². The topological polar surface area (TPSA) is 0 Å². The van der Waals surface area contributed by atoms with Crippen molar-refractivity contribution in [3.05, 3.63) is 288 Å². The number of aryl methyl sites for hydroxylation is 4. The van der Waals surface area contributed by atoms with Gasteiger partial charge in [0.1, 0.15) is 10.8 Å². The van der Waals surface area contributed by atoms with E-state index >= 15 is 17.6 Å². The summed E-state index contributed by atoms with van der Waals surface area (Å²) in [6.45, 7) is 8.70. The molecule has 0 saturated carbocycles. The molecule has 0 N–H and O–H groups in total. The van der Waals surface area contributed by atoms with Crippen molar-refractivity contribution in [2.24, 2.45) is 0 Å². The zero-order valence-corrected chi connectivity index (χ0v) is 50.9. The van der Waals surface area contributed by atoms with Crippen LogP contribution in [-0.2, 0) is 25.7 Å². The molecule has 0 nitrogen and oxygen atoms in total. The average molecular weight is 1150 g/mol. The fourth-order valence-corrected chi connectivity index (χ4v) is 9.70. The Balaban J connectivity index is 1.38. The molecule has 432 valence electrons. The summed E-state index contributed by atoms with van der Waals surface area (Å²) in [4.78, 5) is 0. The Bertz CT molecular complexity index is 3700. The average Bonchev–Trinajstić information content (AvgIpc) is 2.02. The maximum absolute atomic E-state index is 15.9. The van der Waals surface area contributed by atoms with E-state index in [9.17, 15) is 0 Å². The third-order valence-electron chi connectivity index (χ3n) is 14.2. The van der Waals surface area contributed by atoms with Crippen LogP contribution < -0.4 is 0 Å². The standard InChI is InChI=1S/C84H68F4/c1-5-9-13-17-36-67-53-71-40-23-21-34-65-48-33-49-66(52-65)35-22-24-41-72-54-68(37-18-14-10-6-2)56-74(62-72)43-26-28-45-76-58-70(39-20-16-12-8-4)60-78(64-76)47-30-32-51-80-81(85)79(82(86)84(88)83(80)87)50-31-29-46-77-59-69(38-19-15-11-7-3)57-75(63-77)44-27-25-42-73(55-67)61-71/h33,48-49,52-64H,5-20,36-39H2,1-4H3. The number of hydrogen-bond donors (Lipinski definition) is 0. The van der Waals surface area contributed by atoms with Gasteiger partial charge in [-0.1, -0.05) is 171 Å². The second-order valence-corrected chi connectivity index (χ2v) is 21.5. The van der Waals surface area contributed by atoms with E-state index in [2.05, 4.69) is 198 Å². The third-order valence-corrected chi connectivity index (χ3v) is 14.2. The van der Waals surface area contributed by atoms with Crippen LogP contribution in [0.4, 0.5) is 17.6 Å². The van der Waals surface area contributed by atoms with Crippen molar-refractivity contribution in [1.82, 2.24) is 0 Å². The summed E-state index contributed by atoms with van der Waals surface area (Å²) in [5.74, 6) is -6.94. The number of hydrogen-bond acceptors (Lipinski definition) is 0. The molecule has 0 saturated heterocycles. The molecule has 0 fully saturated rings. The van der Waals surface area contributed by atoms with Crippen molar-refractivity contribution >= 4 is 64.6 Å². The zero-order valence-electron chi connectivity index (χ0n) is 50.9. The number of rotatable bonds is 20. The summed E-state index contributed by atoms with van der Waals surface area (Å²) in [6, 6.07) is 102. The molecule has 0 aliphatic rings. The highest BCUT2D eigenvalue weighted by atomic mass is 19.2. The molecule has 88 heavy (non-hydrogen) atoms. The number of fused-ring (bicyclic) bond motifs is 12. The molecule has 0 amide bonds. The van der Waals surface area contributed by atoms with Crippen molar-refractivity contribution in [2.45, 2.75) is 156 Å². The second-order valence-electron chi connectivity index (χ2n) is 21.5. The third kappa shape index (κ3) is 22.3. The normalized spacial score (nSPS) is 9.64. The lowest BCUT2D eigenvalue weighted by Crippen LogP contribution is -1.95. The van der Waals surface area contributed by atoms with Gasteiger partial charge in [0.25, 0.3) is 0 Å². The van der Waals surface area contributed by atoms with Crippen LogP contribution in [0.5, 0.6) is 0 Å². The van der Waals surface area contributed by atoms with E-state index in [4.69, 9.17) is 0 Å². The number of benzene rings is 6. The molecular weight excluding hydrogens is 1080 g/mol. The Morgan fingerprint density at radius 2 is 0.443 bits per heavy atom. The van der Waals surface area contributed by atoms with Crippen molar-refractivity contribution in [2.75, 3.05) is 0 Å². The van der Waals surface area contributed by atoms with Crippen LogP contribution in [0.2, 0.25) is 0 Å². The monoisotopic (exact) mass is 1150 g/mol. The summed E-state index contributed by atoms with van der Waals surface area (Å²) in [6.07, 6.45) is 20.7. The van der Waals surface area contributed by atoms with E-state index in [1.54, 1.807) is 12.1 Å². The van der Waals surface area contributed by atoms with Crippen LogP contribution in [0, 0.1) is 169 Å². The summed E-state index contributed by atoms with van der Waals surface area (Å²) < 4.78 is 61.5. The highest BCUT2D eigenvalue weighted by molar-refractivity contribution is 5.70. The minimum atomic E-state index is -1.91. The van der Waals surface area contributed by atoms with Gasteiger partial charge < -0.3 is 0 Å². The molecule has 0 unspecified atom stereocenters. The summed E-state index contributed by atoms with van der Waals surface area (Å²) in [5, 5.41) is 5.21. The number of unbranched alkanes of at least 4 members (excludes halogenated alkanes) is 12. The van der Waals surface area contributed by atoms with Gasteiger partial charge in [0, 0.05) is 53.9 Å². The molecule has 12 bridgehead atoms.